The third-order valence-electron chi connectivity index (χ3n) is 2.83. The molecule has 0 aliphatic rings. The van der Waals surface area contributed by atoms with E-state index < -0.39 is 20.7 Å². The van der Waals surface area contributed by atoms with Crippen molar-refractivity contribution in [2.24, 2.45) is 0 Å². The summed E-state index contributed by atoms with van der Waals surface area (Å²) in [4.78, 5) is -0.477. The summed E-state index contributed by atoms with van der Waals surface area (Å²) >= 11 is 0. The van der Waals surface area contributed by atoms with Crippen LogP contribution in [0, 0.1) is 19.7 Å². The standard InChI is InChI=1S/C12H14FN3O3S/c1-7-12(8(2)15-14-7)16-20(18,19)11-4-3-9(6-17)5-10(11)13/h3-5,16-17H,6H2,1-2H3,(H,14,15). The van der Waals surface area contributed by atoms with Crippen LogP contribution in [-0.4, -0.2) is 23.7 Å². The van der Waals surface area contributed by atoms with Gasteiger partial charge in [-0.3, -0.25) is 9.82 Å². The molecule has 0 atom stereocenters. The van der Waals surface area contributed by atoms with Gasteiger partial charge in [0, 0.05) is 0 Å². The molecule has 3 N–H and O–H groups in total. The van der Waals surface area contributed by atoms with Crippen molar-refractivity contribution in [3.8, 4) is 0 Å². The van der Waals surface area contributed by atoms with Crippen molar-refractivity contribution in [3.05, 3.63) is 41.0 Å². The highest BCUT2D eigenvalue weighted by Crippen LogP contribution is 2.23. The van der Waals surface area contributed by atoms with Gasteiger partial charge in [0.1, 0.15) is 10.7 Å². The Morgan fingerprint density at radius 3 is 2.60 bits per heavy atom. The third-order valence-corrected chi connectivity index (χ3v) is 4.22. The predicted molar refractivity (Wildman–Crippen MR) is 71.2 cm³/mol. The maximum atomic E-state index is 13.8. The van der Waals surface area contributed by atoms with Crippen LogP contribution < -0.4 is 4.72 Å². The number of nitrogens with zero attached hydrogens (tertiary/aromatic N) is 1. The molecule has 20 heavy (non-hydrogen) atoms. The van der Waals surface area contributed by atoms with Crippen molar-refractivity contribution in [3.63, 3.8) is 0 Å². The third kappa shape index (κ3) is 2.66. The Balaban J connectivity index is 2.41. The number of anilines is 1. The zero-order valence-corrected chi connectivity index (χ0v) is 11.8. The molecule has 0 aliphatic heterocycles. The summed E-state index contributed by atoms with van der Waals surface area (Å²) in [5.41, 5.74) is 1.62. The summed E-state index contributed by atoms with van der Waals surface area (Å²) in [6.07, 6.45) is 0. The fourth-order valence-electron chi connectivity index (χ4n) is 1.75. The largest absolute Gasteiger partial charge is 0.392 e. The molecule has 0 fully saturated rings. The van der Waals surface area contributed by atoms with Crippen LogP contribution in [0.1, 0.15) is 17.0 Å². The van der Waals surface area contributed by atoms with Crippen molar-refractivity contribution in [2.45, 2.75) is 25.3 Å². The van der Waals surface area contributed by atoms with Crippen LogP contribution in [0.25, 0.3) is 0 Å². The molecule has 1 aromatic heterocycles. The summed E-state index contributed by atoms with van der Waals surface area (Å²) in [7, 11) is -4.05. The van der Waals surface area contributed by atoms with Crippen molar-refractivity contribution >= 4 is 15.7 Å². The fraction of sp³-hybridized carbons (Fsp3) is 0.250. The van der Waals surface area contributed by atoms with Crippen LogP contribution in [0.2, 0.25) is 0 Å². The lowest BCUT2D eigenvalue weighted by Crippen LogP contribution is -2.15. The van der Waals surface area contributed by atoms with E-state index in [4.69, 9.17) is 5.11 Å². The number of nitrogens with one attached hydrogen (secondary N) is 2. The molecule has 0 aliphatic carbocycles. The van der Waals surface area contributed by atoms with Gasteiger partial charge in [0.05, 0.1) is 23.7 Å². The molecular formula is C12H14FN3O3S. The molecule has 8 heteroatoms. The van der Waals surface area contributed by atoms with Gasteiger partial charge >= 0.3 is 0 Å². The zero-order chi connectivity index (χ0) is 14.9. The van der Waals surface area contributed by atoms with E-state index in [0.717, 1.165) is 12.1 Å². The summed E-state index contributed by atoms with van der Waals surface area (Å²) in [5, 5.41) is 15.4. The second kappa shape index (κ2) is 5.22. The number of aliphatic hydroxyl groups excluding tert-OH is 1. The number of aliphatic hydroxyl groups is 1. The normalized spacial score (nSPS) is 11.6. The Morgan fingerprint density at radius 2 is 2.10 bits per heavy atom. The van der Waals surface area contributed by atoms with Crippen molar-refractivity contribution in [2.75, 3.05) is 4.72 Å². The smallest absolute Gasteiger partial charge is 0.264 e. The van der Waals surface area contributed by atoms with Crippen molar-refractivity contribution < 1.29 is 17.9 Å². The molecule has 0 spiro atoms. The van der Waals surface area contributed by atoms with E-state index in [0.29, 0.717) is 22.6 Å². The maximum absolute atomic E-state index is 13.8. The minimum atomic E-state index is -4.05. The molecule has 0 bridgehead atoms. The van der Waals surface area contributed by atoms with E-state index in [1.165, 1.54) is 6.07 Å². The van der Waals surface area contributed by atoms with Crippen molar-refractivity contribution in [1.29, 1.82) is 0 Å². The van der Waals surface area contributed by atoms with E-state index >= 15 is 0 Å². The number of hydrogen-bond acceptors (Lipinski definition) is 4. The average Bonchev–Trinajstić information content (AvgIpc) is 2.69. The van der Waals surface area contributed by atoms with Crippen LogP contribution in [-0.2, 0) is 16.6 Å². The highest BCUT2D eigenvalue weighted by molar-refractivity contribution is 7.92. The molecule has 2 rings (SSSR count). The van der Waals surface area contributed by atoms with Gasteiger partial charge in [0.15, 0.2) is 0 Å². The zero-order valence-electron chi connectivity index (χ0n) is 10.9. The molecule has 2 aromatic rings. The molecule has 0 saturated carbocycles. The van der Waals surface area contributed by atoms with Crippen LogP contribution >= 0.6 is 0 Å². The van der Waals surface area contributed by atoms with Crippen LogP contribution in [0.15, 0.2) is 23.1 Å². The minimum Gasteiger partial charge on any atom is -0.392 e. The number of benzene rings is 1. The highest BCUT2D eigenvalue weighted by atomic mass is 32.2. The van der Waals surface area contributed by atoms with E-state index in [1.54, 1.807) is 13.8 Å². The quantitative estimate of drug-likeness (QED) is 0.796. The molecular weight excluding hydrogens is 285 g/mol. The number of rotatable bonds is 4. The van der Waals surface area contributed by atoms with E-state index in [1.807, 2.05) is 0 Å². The molecule has 0 radical (unpaired) electrons. The number of H-pyrrole nitrogens is 1. The molecule has 0 saturated heterocycles. The molecule has 1 heterocycles. The second-order valence-corrected chi connectivity index (χ2v) is 5.99. The lowest BCUT2D eigenvalue weighted by molar-refractivity contribution is 0.281. The van der Waals surface area contributed by atoms with Crippen LogP contribution in [0.5, 0.6) is 0 Å². The predicted octanol–water partition coefficient (Wildman–Crippen LogP) is 1.46. The molecule has 108 valence electrons. The fourth-order valence-corrected chi connectivity index (χ4v) is 2.99. The first-order valence-corrected chi connectivity index (χ1v) is 7.27. The lowest BCUT2D eigenvalue weighted by atomic mass is 10.2. The van der Waals surface area contributed by atoms with Gasteiger partial charge in [0.25, 0.3) is 10.0 Å². The first kappa shape index (κ1) is 14.5. The highest BCUT2D eigenvalue weighted by Gasteiger charge is 2.21. The summed E-state index contributed by atoms with van der Waals surface area (Å²) in [6.45, 7) is 2.93. The van der Waals surface area contributed by atoms with Crippen LogP contribution in [0.3, 0.4) is 0 Å². The molecule has 0 amide bonds. The first-order valence-electron chi connectivity index (χ1n) is 5.79. The van der Waals surface area contributed by atoms with Gasteiger partial charge in [-0.05, 0) is 31.5 Å². The Bertz CT molecular complexity index is 721. The van der Waals surface area contributed by atoms with E-state index in [-0.39, 0.29) is 6.61 Å². The summed E-state index contributed by atoms with van der Waals surface area (Å²) in [6, 6.07) is 3.46. The van der Waals surface area contributed by atoms with Gasteiger partial charge in [0.2, 0.25) is 0 Å². The van der Waals surface area contributed by atoms with Gasteiger partial charge < -0.3 is 5.11 Å². The molecule has 0 unspecified atom stereocenters. The lowest BCUT2D eigenvalue weighted by Gasteiger charge is -2.09. The SMILES string of the molecule is Cc1n[nH]c(C)c1NS(=O)(=O)c1ccc(CO)cc1F. The summed E-state index contributed by atoms with van der Waals surface area (Å²) < 4.78 is 40.5. The number of aryl methyl sites for hydroxylation is 2. The number of aromatic amines is 1. The topological polar surface area (TPSA) is 95.1 Å². The van der Waals surface area contributed by atoms with Gasteiger partial charge in [-0.15, -0.1) is 0 Å². The van der Waals surface area contributed by atoms with Gasteiger partial charge in [-0.25, -0.2) is 12.8 Å². The number of halogens is 1. The average molecular weight is 299 g/mol. The monoisotopic (exact) mass is 299 g/mol. The second-order valence-electron chi connectivity index (χ2n) is 4.34. The van der Waals surface area contributed by atoms with Crippen molar-refractivity contribution in [1.82, 2.24) is 10.2 Å². The number of hydrogen-bond donors (Lipinski definition) is 3. The van der Waals surface area contributed by atoms with Crippen LogP contribution in [0.4, 0.5) is 10.1 Å². The minimum absolute atomic E-state index is 0.302. The Labute approximate surface area is 115 Å². The van der Waals surface area contributed by atoms with E-state index in [9.17, 15) is 12.8 Å². The Kier molecular flexibility index (Phi) is 3.78. The number of sulfonamides is 1. The van der Waals surface area contributed by atoms with Gasteiger partial charge in [-0.2, -0.15) is 5.10 Å². The Hall–Kier alpha value is -1.93. The molecule has 1 aromatic carbocycles. The maximum Gasteiger partial charge on any atom is 0.264 e. The first-order chi connectivity index (χ1) is 9.35. The molecule has 6 nitrogen and oxygen atoms in total. The summed E-state index contributed by atoms with van der Waals surface area (Å²) in [5.74, 6) is -0.914. The van der Waals surface area contributed by atoms with E-state index in [2.05, 4.69) is 14.9 Å². The Morgan fingerprint density at radius 1 is 1.40 bits per heavy atom. The number of aromatic nitrogens is 2. The van der Waals surface area contributed by atoms with Gasteiger partial charge in [-0.1, -0.05) is 6.07 Å².